The van der Waals surface area contributed by atoms with Gasteiger partial charge in [-0.05, 0) is 49.9 Å². The van der Waals surface area contributed by atoms with Gasteiger partial charge in [0.15, 0.2) is 0 Å². The summed E-state index contributed by atoms with van der Waals surface area (Å²) in [5.74, 6) is 0.547. The molecule has 2 atom stereocenters. The summed E-state index contributed by atoms with van der Waals surface area (Å²) in [6.45, 7) is 6.92. The molecule has 0 saturated heterocycles. The first kappa shape index (κ1) is 13.6. The van der Waals surface area contributed by atoms with E-state index in [4.69, 9.17) is 0 Å². The van der Waals surface area contributed by atoms with Gasteiger partial charge in [-0.1, -0.05) is 48.9 Å². The number of nitrogens with zero attached hydrogens (tertiary/aromatic N) is 1. The Bertz CT molecular complexity index is 756. The van der Waals surface area contributed by atoms with Crippen LogP contribution in [0.5, 0.6) is 0 Å². The van der Waals surface area contributed by atoms with Crippen molar-refractivity contribution in [2.45, 2.75) is 45.6 Å². The summed E-state index contributed by atoms with van der Waals surface area (Å²) in [4.78, 5) is 2.56. The second-order valence-electron chi connectivity index (χ2n) is 6.78. The van der Waals surface area contributed by atoms with Gasteiger partial charge in [0, 0.05) is 28.9 Å². The van der Waals surface area contributed by atoms with Gasteiger partial charge in [0.25, 0.3) is 0 Å². The maximum absolute atomic E-state index is 2.56. The third-order valence-corrected chi connectivity index (χ3v) is 5.42. The molecule has 0 fully saturated rings. The Morgan fingerprint density at radius 3 is 2.59 bits per heavy atom. The first-order valence-corrected chi connectivity index (χ1v) is 8.35. The van der Waals surface area contributed by atoms with Gasteiger partial charge in [0.1, 0.15) is 0 Å². The molecule has 0 spiro atoms. The fourth-order valence-electron chi connectivity index (χ4n) is 3.97. The number of benzene rings is 2. The highest BCUT2D eigenvalue weighted by Gasteiger charge is 2.28. The van der Waals surface area contributed by atoms with Gasteiger partial charge >= 0.3 is 0 Å². The Balaban J connectivity index is 1.91. The fraction of sp³-hybridized carbons (Fsp3) is 0.333. The fourth-order valence-corrected chi connectivity index (χ4v) is 3.97. The molecule has 1 heterocycles. The second kappa shape index (κ2) is 5.01. The van der Waals surface area contributed by atoms with E-state index in [1.54, 1.807) is 0 Å². The normalized spacial score (nSPS) is 23.0. The zero-order chi connectivity index (χ0) is 15.3. The first-order valence-electron chi connectivity index (χ1n) is 8.35. The topological polar surface area (TPSA) is 3.24 Å². The molecule has 1 nitrogen and oxygen atoms in total. The monoisotopic (exact) mass is 289 g/mol. The predicted molar refractivity (Wildman–Crippen MR) is 94.9 cm³/mol. The number of hydrogen-bond acceptors (Lipinski definition) is 1. The standard InChI is InChI=1S/C21H23N/c1-14-13-19-18(16(14)3)8-6-10-21(19)22-15(2)11-12-17-7-4-5-9-20(17)22/h4-10,13,15-16H,11-12H2,1-3H3. The van der Waals surface area contributed by atoms with E-state index in [0.29, 0.717) is 12.0 Å². The van der Waals surface area contributed by atoms with Crippen LogP contribution in [0.1, 0.15) is 49.8 Å². The number of allylic oxidation sites excluding steroid dienone is 1. The SMILES string of the molecule is CC1=Cc2c(cccc2N2c3ccccc3CCC2C)C1C. The zero-order valence-electron chi connectivity index (χ0n) is 13.6. The van der Waals surface area contributed by atoms with E-state index in [1.807, 2.05) is 0 Å². The van der Waals surface area contributed by atoms with Crippen LogP contribution >= 0.6 is 0 Å². The average Bonchev–Trinajstić information content (AvgIpc) is 2.83. The molecular formula is C21H23N. The van der Waals surface area contributed by atoms with Crippen molar-refractivity contribution in [3.8, 4) is 0 Å². The van der Waals surface area contributed by atoms with Crippen LogP contribution in [-0.2, 0) is 6.42 Å². The van der Waals surface area contributed by atoms with Crippen LogP contribution in [0.15, 0.2) is 48.0 Å². The molecule has 112 valence electrons. The molecule has 2 aliphatic rings. The Hall–Kier alpha value is -2.02. The Morgan fingerprint density at radius 2 is 1.73 bits per heavy atom. The van der Waals surface area contributed by atoms with E-state index >= 15 is 0 Å². The van der Waals surface area contributed by atoms with Gasteiger partial charge in [-0.3, -0.25) is 0 Å². The van der Waals surface area contributed by atoms with Gasteiger partial charge < -0.3 is 4.90 Å². The van der Waals surface area contributed by atoms with Gasteiger partial charge in [-0.25, -0.2) is 0 Å². The molecule has 0 bridgehead atoms. The van der Waals surface area contributed by atoms with Gasteiger partial charge in [0.05, 0.1) is 0 Å². The van der Waals surface area contributed by atoms with Crippen LogP contribution in [0.25, 0.3) is 6.08 Å². The maximum atomic E-state index is 2.56. The molecule has 0 N–H and O–H groups in total. The van der Waals surface area contributed by atoms with Gasteiger partial charge in [0.2, 0.25) is 0 Å². The Morgan fingerprint density at radius 1 is 0.955 bits per heavy atom. The molecular weight excluding hydrogens is 266 g/mol. The van der Waals surface area contributed by atoms with Crippen molar-refractivity contribution in [1.29, 1.82) is 0 Å². The molecule has 0 saturated carbocycles. The summed E-state index contributed by atoms with van der Waals surface area (Å²) in [7, 11) is 0. The molecule has 1 aliphatic carbocycles. The predicted octanol–water partition coefficient (Wildman–Crippen LogP) is 5.68. The van der Waals surface area contributed by atoms with E-state index in [0.717, 1.165) is 0 Å². The summed E-state index contributed by atoms with van der Waals surface area (Å²) < 4.78 is 0. The van der Waals surface area contributed by atoms with Gasteiger partial charge in [-0.2, -0.15) is 0 Å². The number of rotatable bonds is 1. The van der Waals surface area contributed by atoms with E-state index in [2.05, 4.69) is 74.2 Å². The molecule has 2 aromatic carbocycles. The molecule has 4 rings (SSSR count). The van der Waals surface area contributed by atoms with Crippen molar-refractivity contribution in [2.75, 3.05) is 4.90 Å². The molecule has 2 aromatic rings. The molecule has 1 heteroatoms. The minimum Gasteiger partial charge on any atom is -0.338 e. The van der Waals surface area contributed by atoms with Crippen LogP contribution in [0.2, 0.25) is 0 Å². The number of fused-ring (bicyclic) bond motifs is 2. The van der Waals surface area contributed by atoms with E-state index < -0.39 is 0 Å². The highest BCUT2D eigenvalue weighted by atomic mass is 15.2. The molecule has 1 aliphatic heterocycles. The minimum atomic E-state index is 0.547. The van der Waals surface area contributed by atoms with Crippen molar-refractivity contribution >= 4 is 17.5 Å². The van der Waals surface area contributed by atoms with Crippen molar-refractivity contribution in [1.82, 2.24) is 0 Å². The van der Waals surface area contributed by atoms with E-state index in [9.17, 15) is 0 Å². The minimum absolute atomic E-state index is 0.547. The lowest BCUT2D eigenvalue weighted by Gasteiger charge is -2.38. The number of hydrogen-bond donors (Lipinski definition) is 0. The lowest BCUT2D eigenvalue weighted by molar-refractivity contribution is 0.618. The summed E-state index contributed by atoms with van der Waals surface area (Å²) in [6.07, 6.45) is 4.80. The maximum Gasteiger partial charge on any atom is 0.0489 e. The largest absolute Gasteiger partial charge is 0.338 e. The smallest absolute Gasteiger partial charge is 0.0489 e. The molecule has 0 aromatic heterocycles. The Labute approximate surface area is 133 Å². The van der Waals surface area contributed by atoms with Crippen LogP contribution in [-0.4, -0.2) is 6.04 Å². The number of anilines is 2. The van der Waals surface area contributed by atoms with Crippen LogP contribution < -0.4 is 4.90 Å². The Kier molecular flexibility index (Phi) is 3.11. The van der Waals surface area contributed by atoms with Crippen LogP contribution in [0.3, 0.4) is 0 Å². The lowest BCUT2D eigenvalue weighted by atomic mass is 9.93. The van der Waals surface area contributed by atoms with Gasteiger partial charge in [-0.15, -0.1) is 0 Å². The summed E-state index contributed by atoms with van der Waals surface area (Å²) >= 11 is 0. The zero-order valence-corrected chi connectivity index (χ0v) is 13.6. The number of para-hydroxylation sites is 1. The van der Waals surface area contributed by atoms with E-state index in [-0.39, 0.29) is 0 Å². The molecule has 2 unspecified atom stereocenters. The molecule has 22 heavy (non-hydrogen) atoms. The first-order chi connectivity index (χ1) is 10.7. The molecule has 0 amide bonds. The number of aryl methyl sites for hydroxylation is 1. The third-order valence-electron chi connectivity index (χ3n) is 5.42. The highest BCUT2D eigenvalue weighted by molar-refractivity contribution is 5.82. The summed E-state index contributed by atoms with van der Waals surface area (Å²) in [6, 6.07) is 16.2. The van der Waals surface area contributed by atoms with Crippen molar-refractivity contribution < 1.29 is 0 Å². The summed E-state index contributed by atoms with van der Waals surface area (Å²) in [5, 5.41) is 0. The lowest BCUT2D eigenvalue weighted by Crippen LogP contribution is -2.33. The van der Waals surface area contributed by atoms with Crippen LogP contribution in [0.4, 0.5) is 11.4 Å². The quantitative estimate of drug-likeness (QED) is 0.653. The summed E-state index contributed by atoms with van der Waals surface area (Å²) in [5.41, 5.74) is 8.62. The molecule has 0 radical (unpaired) electrons. The van der Waals surface area contributed by atoms with E-state index in [1.165, 1.54) is 46.5 Å². The van der Waals surface area contributed by atoms with Crippen molar-refractivity contribution in [3.05, 3.63) is 64.7 Å². The van der Waals surface area contributed by atoms with Crippen LogP contribution in [0, 0.1) is 0 Å². The van der Waals surface area contributed by atoms with Crippen molar-refractivity contribution in [3.63, 3.8) is 0 Å². The average molecular weight is 289 g/mol. The highest BCUT2D eigenvalue weighted by Crippen LogP contribution is 2.45. The second-order valence-corrected chi connectivity index (χ2v) is 6.78. The third kappa shape index (κ3) is 1.92. The van der Waals surface area contributed by atoms with Crippen molar-refractivity contribution in [2.24, 2.45) is 0 Å².